The third-order valence-electron chi connectivity index (χ3n) is 3.38. The Balaban J connectivity index is 2.07. The minimum absolute atomic E-state index is 0.117. The zero-order chi connectivity index (χ0) is 17.0. The van der Waals surface area contributed by atoms with Gasteiger partial charge in [0.15, 0.2) is 5.76 Å². The number of nitrogens with zero attached hydrogens (tertiary/aromatic N) is 1. The number of carbonyl (C=O) groups is 2. The van der Waals surface area contributed by atoms with Crippen LogP contribution in [-0.2, 0) is 4.79 Å². The van der Waals surface area contributed by atoms with Gasteiger partial charge < -0.3 is 14.6 Å². The molecule has 122 valence electrons. The largest absolute Gasteiger partial charge is 0.459 e. The van der Waals surface area contributed by atoms with Crippen molar-refractivity contribution in [3.63, 3.8) is 0 Å². The molecule has 23 heavy (non-hydrogen) atoms. The van der Waals surface area contributed by atoms with E-state index in [-0.39, 0.29) is 36.0 Å². The van der Waals surface area contributed by atoms with Gasteiger partial charge >= 0.3 is 0 Å². The summed E-state index contributed by atoms with van der Waals surface area (Å²) in [6.45, 7) is 5.30. The Morgan fingerprint density at radius 3 is 2.39 bits per heavy atom. The Kier molecular flexibility index (Phi) is 5.16. The molecule has 0 aliphatic heterocycles. The molecule has 0 aliphatic rings. The van der Waals surface area contributed by atoms with Crippen molar-refractivity contribution in [1.29, 1.82) is 0 Å². The van der Waals surface area contributed by atoms with E-state index < -0.39 is 0 Å². The van der Waals surface area contributed by atoms with Gasteiger partial charge in [-0.2, -0.15) is 0 Å². The van der Waals surface area contributed by atoms with Gasteiger partial charge in [0.2, 0.25) is 5.91 Å². The number of hydrogen-bond acceptors (Lipinski definition) is 3. The highest BCUT2D eigenvalue weighted by Gasteiger charge is 2.25. The Bertz CT molecular complexity index is 692. The highest BCUT2D eigenvalue weighted by Crippen LogP contribution is 2.15. The van der Waals surface area contributed by atoms with E-state index in [1.807, 2.05) is 13.8 Å². The predicted octanol–water partition coefficient (Wildman–Crippen LogP) is 3.22. The fourth-order valence-corrected chi connectivity index (χ4v) is 2.10. The van der Waals surface area contributed by atoms with Crippen molar-refractivity contribution >= 4 is 17.5 Å². The highest BCUT2D eigenvalue weighted by molar-refractivity contribution is 5.98. The fourth-order valence-electron chi connectivity index (χ4n) is 2.10. The monoisotopic (exact) mass is 318 g/mol. The van der Waals surface area contributed by atoms with Crippen LogP contribution in [0.5, 0.6) is 0 Å². The molecule has 0 fully saturated rings. The molecular formula is C17H19FN2O3. The molecule has 1 heterocycles. The van der Waals surface area contributed by atoms with Crippen LogP contribution in [0.3, 0.4) is 0 Å². The molecule has 2 amide bonds. The van der Waals surface area contributed by atoms with Crippen LogP contribution >= 0.6 is 0 Å². The molecule has 0 radical (unpaired) electrons. The number of rotatable bonds is 5. The molecule has 0 bridgehead atoms. The normalized spacial score (nSPS) is 10.7. The number of nitrogens with one attached hydrogen (secondary N) is 1. The average Bonchev–Trinajstić information content (AvgIpc) is 2.92. The maximum atomic E-state index is 12.9. The van der Waals surface area contributed by atoms with Crippen LogP contribution in [0.2, 0.25) is 0 Å². The molecule has 0 atom stereocenters. The summed E-state index contributed by atoms with van der Waals surface area (Å²) in [7, 11) is 0. The lowest BCUT2D eigenvalue weighted by Crippen LogP contribution is -2.42. The Morgan fingerprint density at radius 2 is 1.87 bits per heavy atom. The van der Waals surface area contributed by atoms with E-state index in [2.05, 4.69) is 5.32 Å². The van der Waals surface area contributed by atoms with Gasteiger partial charge in [-0.15, -0.1) is 0 Å². The minimum Gasteiger partial charge on any atom is -0.459 e. The van der Waals surface area contributed by atoms with Gasteiger partial charge in [-0.1, -0.05) is 0 Å². The molecule has 2 rings (SSSR count). The summed E-state index contributed by atoms with van der Waals surface area (Å²) in [5.74, 6) is -0.844. The summed E-state index contributed by atoms with van der Waals surface area (Å²) >= 11 is 0. The molecule has 1 N–H and O–H groups in total. The number of furan rings is 1. The molecule has 1 aromatic heterocycles. The molecule has 0 unspecified atom stereocenters. The van der Waals surface area contributed by atoms with Crippen molar-refractivity contribution in [3.05, 3.63) is 53.7 Å². The average molecular weight is 318 g/mol. The zero-order valence-electron chi connectivity index (χ0n) is 13.3. The molecule has 5 nitrogen and oxygen atoms in total. The van der Waals surface area contributed by atoms with Crippen LogP contribution in [-0.4, -0.2) is 29.3 Å². The number of amides is 2. The lowest BCUT2D eigenvalue weighted by molar-refractivity contribution is -0.117. The molecule has 6 heteroatoms. The third-order valence-corrected chi connectivity index (χ3v) is 3.38. The zero-order valence-corrected chi connectivity index (χ0v) is 13.3. The first-order valence-electron chi connectivity index (χ1n) is 7.29. The van der Waals surface area contributed by atoms with Crippen molar-refractivity contribution in [2.75, 3.05) is 11.9 Å². The van der Waals surface area contributed by atoms with Crippen LogP contribution in [0.25, 0.3) is 0 Å². The first-order valence-corrected chi connectivity index (χ1v) is 7.29. The van der Waals surface area contributed by atoms with Crippen LogP contribution in [0, 0.1) is 12.7 Å². The maximum absolute atomic E-state index is 12.9. The number of halogens is 1. The molecule has 1 aromatic carbocycles. The van der Waals surface area contributed by atoms with Crippen molar-refractivity contribution in [2.24, 2.45) is 0 Å². The molecule has 0 aliphatic carbocycles. The number of hydrogen-bond donors (Lipinski definition) is 1. The fraction of sp³-hybridized carbons (Fsp3) is 0.294. The summed E-state index contributed by atoms with van der Waals surface area (Å²) in [6.07, 6.45) is 1.44. The van der Waals surface area contributed by atoms with Gasteiger partial charge in [0, 0.05) is 17.3 Å². The third kappa shape index (κ3) is 4.18. The molecule has 0 saturated carbocycles. The summed E-state index contributed by atoms with van der Waals surface area (Å²) in [5.41, 5.74) is 1.20. The topological polar surface area (TPSA) is 62.6 Å². The second-order valence-corrected chi connectivity index (χ2v) is 5.51. The Morgan fingerprint density at radius 1 is 1.22 bits per heavy atom. The Hall–Kier alpha value is -2.63. The van der Waals surface area contributed by atoms with Gasteiger partial charge in [0.1, 0.15) is 12.4 Å². The number of carbonyl (C=O) groups excluding carboxylic acids is 2. The second-order valence-electron chi connectivity index (χ2n) is 5.51. The number of anilines is 1. The second kappa shape index (κ2) is 7.09. The van der Waals surface area contributed by atoms with Gasteiger partial charge in [-0.25, -0.2) is 4.39 Å². The van der Waals surface area contributed by atoms with E-state index in [0.29, 0.717) is 5.69 Å². The predicted molar refractivity (Wildman–Crippen MR) is 84.6 cm³/mol. The first-order chi connectivity index (χ1) is 10.9. The van der Waals surface area contributed by atoms with Crippen molar-refractivity contribution in [2.45, 2.75) is 26.8 Å². The van der Waals surface area contributed by atoms with E-state index in [0.717, 1.165) is 5.56 Å². The van der Waals surface area contributed by atoms with Gasteiger partial charge in [0.25, 0.3) is 5.91 Å². The van der Waals surface area contributed by atoms with Gasteiger partial charge in [-0.05, 0) is 51.1 Å². The van der Waals surface area contributed by atoms with Crippen molar-refractivity contribution < 1.29 is 18.4 Å². The first kappa shape index (κ1) is 16.7. The Labute approximate surface area is 134 Å². The summed E-state index contributed by atoms with van der Waals surface area (Å²) in [5, 5.41) is 2.64. The highest BCUT2D eigenvalue weighted by atomic mass is 19.1. The van der Waals surface area contributed by atoms with Gasteiger partial charge in [0.05, 0.1) is 6.26 Å². The maximum Gasteiger partial charge on any atom is 0.290 e. The number of aryl methyl sites for hydroxylation is 1. The summed E-state index contributed by atoms with van der Waals surface area (Å²) in [6, 6.07) is 6.97. The smallest absolute Gasteiger partial charge is 0.290 e. The quantitative estimate of drug-likeness (QED) is 0.920. The van der Waals surface area contributed by atoms with E-state index in [1.165, 1.54) is 35.4 Å². The van der Waals surface area contributed by atoms with Crippen LogP contribution in [0.4, 0.5) is 10.1 Å². The van der Waals surface area contributed by atoms with Crippen molar-refractivity contribution in [1.82, 2.24) is 4.90 Å². The van der Waals surface area contributed by atoms with E-state index >= 15 is 0 Å². The van der Waals surface area contributed by atoms with E-state index in [4.69, 9.17) is 4.42 Å². The summed E-state index contributed by atoms with van der Waals surface area (Å²) < 4.78 is 18.1. The SMILES string of the molecule is Cc1ccoc1C(=O)N(CC(=O)Nc1ccc(F)cc1)C(C)C. The van der Waals surface area contributed by atoms with Crippen LogP contribution in [0.15, 0.2) is 41.0 Å². The molecule has 2 aromatic rings. The summed E-state index contributed by atoms with van der Waals surface area (Å²) in [4.78, 5) is 26.1. The van der Waals surface area contributed by atoms with Crippen LogP contribution < -0.4 is 5.32 Å². The molecule has 0 spiro atoms. The number of benzene rings is 1. The lowest BCUT2D eigenvalue weighted by Gasteiger charge is -2.25. The standard InChI is InChI=1S/C17H19FN2O3/c1-11(2)20(17(22)16-12(3)8-9-23-16)10-15(21)19-14-6-4-13(18)5-7-14/h4-9,11H,10H2,1-3H3,(H,19,21). The van der Waals surface area contributed by atoms with E-state index in [9.17, 15) is 14.0 Å². The van der Waals surface area contributed by atoms with Crippen molar-refractivity contribution in [3.8, 4) is 0 Å². The molecular weight excluding hydrogens is 299 g/mol. The lowest BCUT2D eigenvalue weighted by atomic mass is 10.2. The van der Waals surface area contributed by atoms with E-state index in [1.54, 1.807) is 13.0 Å². The van der Waals surface area contributed by atoms with Crippen LogP contribution in [0.1, 0.15) is 30.0 Å². The van der Waals surface area contributed by atoms with Gasteiger partial charge in [-0.3, -0.25) is 9.59 Å². The molecule has 0 saturated heterocycles. The minimum atomic E-state index is -0.379.